The molecule has 0 saturated heterocycles. The minimum Gasteiger partial charge on any atom is -0.312 e. The van der Waals surface area contributed by atoms with Crippen molar-refractivity contribution in [1.29, 1.82) is 0 Å². The van der Waals surface area contributed by atoms with Gasteiger partial charge in [0.25, 0.3) is 0 Å². The molecule has 0 bridgehead atoms. The van der Waals surface area contributed by atoms with Crippen molar-refractivity contribution in [2.45, 2.75) is 12.0 Å². The van der Waals surface area contributed by atoms with Crippen LogP contribution in [0.2, 0.25) is 0 Å². The standard InChI is InChI=1S/C3HF6O.CF3.2CH2F2/c4-1(5)2(6,10)3(7,8)9;2-1(3)4;2*2-1-3/h10H;;2*1H2/q2*+1;;. The van der Waals surface area contributed by atoms with Gasteiger partial charge in [0.15, 0.2) is 0 Å². The number of aliphatic hydroxyl groups is 1. The highest BCUT2D eigenvalue weighted by molar-refractivity contribution is 4.89. The van der Waals surface area contributed by atoms with Gasteiger partial charge in [-0.15, -0.1) is 4.39 Å². The Bertz CT molecular complexity index is 173. The molecule has 1 atom stereocenters. The molecule has 1 N–H and O–H groups in total. The molecule has 1 unspecified atom stereocenters. The van der Waals surface area contributed by atoms with E-state index in [9.17, 15) is 57.1 Å². The Morgan fingerprint density at radius 1 is 0.700 bits per heavy atom. The first-order valence-corrected chi connectivity index (χ1v) is 3.49. The molecule has 0 aromatic heterocycles. The van der Waals surface area contributed by atoms with Crippen molar-refractivity contribution in [3.63, 3.8) is 0 Å². The van der Waals surface area contributed by atoms with E-state index in [4.69, 9.17) is 5.11 Å². The van der Waals surface area contributed by atoms with Crippen molar-refractivity contribution in [1.82, 2.24) is 0 Å². The highest BCUT2D eigenvalue weighted by Crippen LogP contribution is 2.39. The molecule has 0 radical (unpaired) electrons. The van der Waals surface area contributed by atoms with Gasteiger partial charge in [-0.3, -0.25) is 0 Å². The Balaban J connectivity index is -0.000000106. The zero-order chi connectivity index (χ0) is 17.6. The van der Waals surface area contributed by atoms with Gasteiger partial charge in [0.2, 0.25) is 13.9 Å². The highest BCUT2D eigenvalue weighted by Gasteiger charge is 2.75. The van der Waals surface area contributed by atoms with Crippen LogP contribution >= 0.6 is 0 Å². The number of halogens is 13. The van der Waals surface area contributed by atoms with Gasteiger partial charge in [0, 0.05) is 0 Å². The third-order valence-electron chi connectivity index (χ3n) is 0.626. The van der Waals surface area contributed by atoms with Gasteiger partial charge in [-0.2, -0.15) is 13.2 Å². The zero-order valence-electron chi connectivity index (χ0n) is 8.77. The molecule has 0 fully saturated rings. The highest BCUT2D eigenvalue weighted by atomic mass is 19.4. The maximum Gasteiger partial charge on any atom is 0.724 e. The second-order valence-corrected chi connectivity index (χ2v) is 1.80. The summed E-state index contributed by atoms with van der Waals surface area (Å²) >= 11 is 0. The van der Waals surface area contributed by atoms with Gasteiger partial charge in [0.1, 0.15) is 0 Å². The molecule has 0 aliphatic heterocycles. The van der Waals surface area contributed by atoms with Crippen LogP contribution in [-0.2, 0) is 0 Å². The summed E-state index contributed by atoms with van der Waals surface area (Å²) in [5, 5.41) is 7.35. The lowest BCUT2D eigenvalue weighted by molar-refractivity contribution is -0.326. The Kier molecular flexibility index (Phi) is 19.3. The minimum absolute atomic E-state index is 1.75. The fourth-order valence-corrected chi connectivity index (χ4v) is 0.107. The lowest BCUT2D eigenvalue weighted by Gasteiger charge is -2.09. The molecule has 0 heterocycles. The van der Waals surface area contributed by atoms with Crippen LogP contribution < -0.4 is 0 Å². The molecule has 20 heavy (non-hydrogen) atoms. The van der Waals surface area contributed by atoms with Gasteiger partial charge in [-0.05, 0) is 0 Å². The fourth-order valence-electron chi connectivity index (χ4n) is 0.107. The van der Waals surface area contributed by atoms with Crippen molar-refractivity contribution in [2.75, 3.05) is 13.9 Å². The molecular weight excluding hydrogens is 335 g/mol. The molecule has 0 amide bonds. The second-order valence-electron chi connectivity index (χ2n) is 1.80. The second kappa shape index (κ2) is 14.2. The predicted octanol–water partition coefficient (Wildman–Crippen LogP) is 4.74. The Hall–Kier alpha value is -1.21. The third kappa shape index (κ3) is 22.0. The van der Waals surface area contributed by atoms with Crippen LogP contribution in [0.3, 0.4) is 0 Å². The molecule has 0 aliphatic rings. The molecule has 0 aromatic carbocycles. The van der Waals surface area contributed by atoms with Gasteiger partial charge < -0.3 is 5.11 Å². The molecule has 0 spiro atoms. The summed E-state index contributed by atoms with van der Waals surface area (Å²) in [5.41, 5.74) is 0. The van der Waals surface area contributed by atoms with Crippen molar-refractivity contribution in [3.8, 4) is 0 Å². The molecule has 14 heteroatoms. The Morgan fingerprint density at radius 3 is 0.850 bits per heavy atom. The molecule has 0 saturated carbocycles. The van der Waals surface area contributed by atoms with Gasteiger partial charge >= 0.3 is 25.1 Å². The Labute approximate surface area is 103 Å². The van der Waals surface area contributed by atoms with Crippen LogP contribution in [0, 0.1) is 13.1 Å². The average Bonchev–Trinajstić information content (AvgIpc) is 2.16. The number of hydrogen-bond donors (Lipinski definition) is 1. The minimum atomic E-state index is -5.98. The largest absolute Gasteiger partial charge is 0.724 e. The molecule has 0 aliphatic carbocycles. The summed E-state index contributed by atoms with van der Waals surface area (Å²) in [6.45, 7) is -6.58. The summed E-state index contributed by atoms with van der Waals surface area (Å²) < 4.78 is 133. The SMILES string of the molecule is FCF.FCF.F[C+](F)F.OC(F)([C+](F)F)C(F)(F)F. The first-order chi connectivity index (χ1) is 8.75. The van der Waals surface area contributed by atoms with E-state index >= 15 is 0 Å². The van der Waals surface area contributed by atoms with E-state index in [-0.39, 0.29) is 0 Å². The summed E-state index contributed by atoms with van der Waals surface area (Å²) in [7, 11) is 0. The fraction of sp³-hybridized carbons (Fsp3) is 0.667. The van der Waals surface area contributed by atoms with Crippen LogP contribution in [-0.4, -0.2) is 31.0 Å². The van der Waals surface area contributed by atoms with E-state index in [1.165, 1.54) is 0 Å². The lowest BCUT2D eigenvalue weighted by Crippen LogP contribution is -2.43. The van der Waals surface area contributed by atoms with Gasteiger partial charge in [-0.1, -0.05) is 0 Å². The number of hydrogen-bond acceptors (Lipinski definition) is 1. The lowest BCUT2D eigenvalue weighted by atomic mass is 10.3. The van der Waals surface area contributed by atoms with E-state index in [1.54, 1.807) is 0 Å². The van der Waals surface area contributed by atoms with Gasteiger partial charge in [-0.25, -0.2) is 17.6 Å². The molecular formula is C6H5F13O+2. The maximum absolute atomic E-state index is 11.4. The Morgan fingerprint density at radius 2 is 0.850 bits per heavy atom. The first-order valence-electron chi connectivity index (χ1n) is 3.49. The van der Waals surface area contributed by atoms with Crippen LogP contribution in [0.15, 0.2) is 0 Å². The van der Waals surface area contributed by atoms with Crippen molar-refractivity contribution >= 4 is 0 Å². The van der Waals surface area contributed by atoms with Gasteiger partial charge in [0.05, 0.1) is 22.0 Å². The van der Waals surface area contributed by atoms with E-state index < -0.39 is 39.0 Å². The normalized spacial score (nSPS) is 12.3. The monoisotopic (exact) mass is 340 g/mol. The zero-order valence-corrected chi connectivity index (χ0v) is 8.77. The first kappa shape index (κ1) is 27.2. The average molecular weight is 340 g/mol. The van der Waals surface area contributed by atoms with Crippen LogP contribution in [0.4, 0.5) is 57.1 Å². The number of alkyl halides is 8. The summed E-state index contributed by atoms with van der Waals surface area (Å²) in [4.78, 5) is 0. The predicted molar refractivity (Wildman–Crippen MR) is 38.3 cm³/mol. The smallest absolute Gasteiger partial charge is 0.312 e. The molecule has 0 aromatic rings. The van der Waals surface area contributed by atoms with E-state index in [0.717, 1.165) is 0 Å². The van der Waals surface area contributed by atoms with E-state index in [1.807, 2.05) is 0 Å². The van der Waals surface area contributed by atoms with E-state index in [0.29, 0.717) is 0 Å². The van der Waals surface area contributed by atoms with E-state index in [2.05, 4.69) is 0 Å². The topological polar surface area (TPSA) is 20.2 Å². The molecule has 0 rings (SSSR count). The van der Waals surface area contributed by atoms with Crippen molar-refractivity contribution in [3.05, 3.63) is 13.1 Å². The van der Waals surface area contributed by atoms with Crippen LogP contribution in [0.5, 0.6) is 0 Å². The maximum atomic E-state index is 11.4. The summed E-state index contributed by atoms with van der Waals surface area (Å²) in [6, 6.07) is 0. The van der Waals surface area contributed by atoms with Crippen LogP contribution in [0.25, 0.3) is 0 Å². The van der Waals surface area contributed by atoms with Crippen molar-refractivity contribution in [2.24, 2.45) is 0 Å². The molecule has 1 nitrogen and oxygen atoms in total. The number of rotatable bonds is 1. The molecule has 124 valence electrons. The van der Waals surface area contributed by atoms with Crippen LogP contribution in [0.1, 0.15) is 0 Å². The van der Waals surface area contributed by atoms with Crippen molar-refractivity contribution < 1.29 is 62.2 Å². The third-order valence-corrected chi connectivity index (χ3v) is 0.626. The summed E-state index contributed by atoms with van der Waals surface area (Å²) in [5.74, 6) is -5.48. The quantitative estimate of drug-likeness (QED) is 0.540. The summed E-state index contributed by atoms with van der Waals surface area (Å²) in [6.07, 6.45) is -9.70.